The van der Waals surface area contributed by atoms with Gasteiger partial charge in [0.2, 0.25) is 0 Å². The fraction of sp³-hybridized carbons (Fsp3) is 0.111. The summed E-state index contributed by atoms with van der Waals surface area (Å²) in [5.74, 6) is 0. The Bertz CT molecular complexity index is 2010. The van der Waals surface area contributed by atoms with Crippen molar-refractivity contribution in [2.45, 2.75) is 21.1 Å². The van der Waals surface area contributed by atoms with Gasteiger partial charge in [0.15, 0.2) is 0 Å². The number of hydrogen-bond donors (Lipinski definition) is 0. The minimum atomic E-state index is -0.701. The first-order valence-electron chi connectivity index (χ1n) is 20.5. The second kappa shape index (κ2) is 18.6. The van der Waals surface area contributed by atoms with Gasteiger partial charge in [0.1, 0.15) is 0 Å². The number of rotatable bonds is 15. The van der Waals surface area contributed by atoms with Crippen molar-refractivity contribution >= 4 is 37.0 Å². The Morgan fingerprint density at radius 1 is 0.217 bits per heavy atom. The Kier molecular flexibility index (Phi) is 13.0. The molecular weight excluding hydrogens is 801 g/mol. The van der Waals surface area contributed by atoms with E-state index in [4.69, 9.17) is 0 Å². The summed E-state index contributed by atoms with van der Waals surface area (Å²) < 4.78 is 0. The van der Waals surface area contributed by atoms with Crippen molar-refractivity contribution in [1.29, 1.82) is 0 Å². The average molecular weight is 853 g/mol. The number of nitrogens with zero attached hydrogens (tertiary/aromatic N) is 2. The maximum absolute atomic E-state index is 3.39. The van der Waals surface area contributed by atoms with Crippen LogP contribution in [0.25, 0.3) is 0 Å². The summed E-state index contributed by atoms with van der Waals surface area (Å²) in [6, 6.07) is 87.8. The molecule has 0 N–H and O–H groups in total. The molecule has 6 heteroatoms. The molecule has 0 saturated heterocycles. The molecule has 60 heavy (non-hydrogen) atoms. The monoisotopic (exact) mass is 852 g/mol. The lowest BCUT2D eigenvalue weighted by atomic mass is 9.87. The van der Waals surface area contributed by atoms with E-state index in [9.17, 15) is 0 Å². The molecular formula is C54H52N2P4. The Labute approximate surface area is 366 Å². The average Bonchev–Trinajstić information content (AvgIpc) is 3.34. The molecule has 298 valence electrons. The second-order valence-electron chi connectivity index (χ2n) is 15.3. The van der Waals surface area contributed by atoms with Crippen molar-refractivity contribution < 1.29 is 0 Å². The van der Waals surface area contributed by atoms with Crippen LogP contribution in [0.2, 0.25) is 0 Å². The normalized spacial score (nSPS) is 12.4. The summed E-state index contributed by atoms with van der Waals surface area (Å²) in [5, 5.41) is -2.80. The minimum absolute atomic E-state index is 0.631. The van der Waals surface area contributed by atoms with Gasteiger partial charge in [0.25, 0.3) is 0 Å². The van der Waals surface area contributed by atoms with E-state index in [0.29, 0.717) is 13.1 Å². The van der Waals surface area contributed by atoms with E-state index in [1.165, 1.54) is 44.5 Å². The molecule has 8 aromatic carbocycles. The van der Waals surface area contributed by atoms with Gasteiger partial charge >= 0.3 is 0 Å². The first kappa shape index (κ1) is 42.1. The summed E-state index contributed by atoms with van der Waals surface area (Å²) >= 11 is 0. The zero-order chi connectivity index (χ0) is 41.5. The molecule has 4 atom stereocenters. The van der Waals surface area contributed by atoms with Crippen LogP contribution in [0.3, 0.4) is 0 Å². The van der Waals surface area contributed by atoms with Crippen molar-refractivity contribution in [3.63, 3.8) is 0 Å². The third-order valence-corrected chi connectivity index (χ3v) is 15.9. The lowest BCUT2D eigenvalue weighted by Gasteiger charge is -2.56. The summed E-state index contributed by atoms with van der Waals surface area (Å²) in [4.78, 5) is 5.42. The fourth-order valence-electron chi connectivity index (χ4n) is 8.91. The SMILES string of the molecule is PC(c1ccccc1)(c1ccccc1)N(CCN(C(P)(c1ccccc1)c1ccccc1)C(P)(c1ccccc1)c1ccccc1)C(P)(c1ccccc1)c1ccccc1. The van der Waals surface area contributed by atoms with Crippen LogP contribution in [0.5, 0.6) is 0 Å². The lowest BCUT2D eigenvalue weighted by molar-refractivity contribution is 0.0686. The van der Waals surface area contributed by atoms with E-state index in [-0.39, 0.29) is 0 Å². The third-order valence-electron chi connectivity index (χ3n) is 12.0. The van der Waals surface area contributed by atoms with Crippen LogP contribution in [-0.2, 0) is 21.1 Å². The van der Waals surface area contributed by atoms with Crippen molar-refractivity contribution in [2.75, 3.05) is 13.1 Å². The molecule has 0 bridgehead atoms. The van der Waals surface area contributed by atoms with Crippen LogP contribution in [0, 0.1) is 0 Å². The first-order valence-corrected chi connectivity index (χ1v) is 22.8. The predicted octanol–water partition coefficient (Wildman–Crippen LogP) is 12.7. The zero-order valence-electron chi connectivity index (χ0n) is 33.7. The van der Waals surface area contributed by atoms with Gasteiger partial charge in [-0.05, 0) is 44.5 Å². The maximum atomic E-state index is 3.39. The standard InChI is InChI=1S/C54H52N2P4/c57-51(43-25-9-1-10-26-43,44-27-11-2-12-28-44)55(52(58,45-29-13-3-14-30-45)46-31-15-4-16-32-46)41-42-56(53(59,47-33-17-5-18-34-47)48-35-19-6-20-36-48)54(60,49-37-21-7-22-38-49)50-39-23-8-24-40-50/h1-40H,41-42,57-60H2. The summed E-state index contributed by atoms with van der Waals surface area (Å²) in [6.07, 6.45) is 0. The molecule has 0 aliphatic heterocycles. The smallest absolute Gasteiger partial charge is 0.0867 e. The predicted molar refractivity (Wildman–Crippen MR) is 267 cm³/mol. The highest BCUT2D eigenvalue weighted by molar-refractivity contribution is 7.20. The van der Waals surface area contributed by atoms with E-state index >= 15 is 0 Å². The van der Waals surface area contributed by atoms with Gasteiger partial charge in [0, 0.05) is 13.1 Å². The molecule has 8 aromatic rings. The zero-order valence-corrected chi connectivity index (χ0v) is 38.3. The van der Waals surface area contributed by atoms with Crippen LogP contribution >= 0.6 is 37.0 Å². The largest absolute Gasteiger partial charge is 0.268 e. The summed E-state index contributed by atoms with van der Waals surface area (Å²) in [7, 11) is 13.6. The van der Waals surface area contributed by atoms with Crippen molar-refractivity contribution in [3.8, 4) is 0 Å². The Balaban J connectivity index is 1.45. The van der Waals surface area contributed by atoms with Crippen LogP contribution in [0.4, 0.5) is 0 Å². The molecule has 0 amide bonds. The number of benzene rings is 8. The maximum Gasteiger partial charge on any atom is 0.0867 e. The van der Waals surface area contributed by atoms with Crippen LogP contribution in [-0.4, -0.2) is 22.9 Å². The molecule has 4 unspecified atom stereocenters. The molecule has 0 aliphatic carbocycles. The van der Waals surface area contributed by atoms with Gasteiger partial charge in [-0.25, -0.2) is 0 Å². The quantitative estimate of drug-likeness (QED) is 0.0948. The molecule has 0 radical (unpaired) electrons. The topological polar surface area (TPSA) is 6.48 Å². The second-order valence-corrected chi connectivity index (χ2v) is 18.6. The van der Waals surface area contributed by atoms with E-state index in [2.05, 4.69) is 289 Å². The van der Waals surface area contributed by atoms with Gasteiger partial charge in [-0.15, -0.1) is 37.0 Å². The van der Waals surface area contributed by atoms with E-state index in [0.717, 1.165) is 0 Å². The fourth-order valence-corrected chi connectivity index (χ4v) is 12.1. The Hall–Kier alpha value is -4.60. The molecule has 8 rings (SSSR count). The minimum Gasteiger partial charge on any atom is -0.268 e. The number of hydrogen-bond acceptors (Lipinski definition) is 2. The van der Waals surface area contributed by atoms with Gasteiger partial charge in [-0.1, -0.05) is 243 Å². The van der Waals surface area contributed by atoms with Gasteiger partial charge in [-0.3, -0.25) is 9.80 Å². The third kappa shape index (κ3) is 7.88. The highest BCUT2D eigenvalue weighted by atomic mass is 31.0. The highest BCUT2D eigenvalue weighted by Gasteiger charge is 2.51. The molecule has 2 nitrogen and oxygen atoms in total. The molecule has 0 fully saturated rings. The lowest BCUT2D eigenvalue weighted by Crippen LogP contribution is -2.59. The van der Waals surface area contributed by atoms with Crippen LogP contribution in [0.15, 0.2) is 243 Å². The van der Waals surface area contributed by atoms with Gasteiger partial charge < -0.3 is 0 Å². The van der Waals surface area contributed by atoms with E-state index in [1.807, 2.05) is 0 Å². The van der Waals surface area contributed by atoms with E-state index < -0.39 is 21.1 Å². The van der Waals surface area contributed by atoms with Gasteiger partial charge in [-0.2, -0.15) is 0 Å². The molecule has 0 saturated carbocycles. The van der Waals surface area contributed by atoms with Crippen LogP contribution in [0.1, 0.15) is 44.5 Å². The van der Waals surface area contributed by atoms with Crippen molar-refractivity contribution in [2.24, 2.45) is 0 Å². The Morgan fingerprint density at radius 3 is 0.450 bits per heavy atom. The summed E-state index contributed by atoms with van der Waals surface area (Å²) in [5.41, 5.74) is 9.43. The highest BCUT2D eigenvalue weighted by Crippen LogP contribution is 2.57. The first-order chi connectivity index (χ1) is 29.3. The van der Waals surface area contributed by atoms with Gasteiger partial charge in [0.05, 0.1) is 21.1 Å². The van der Waals surface area contributed by atoms with Crippen LogP contribution < -0.4 is 0 Å². The molecule has 0 aliphatic rings. The van der Waals surface area contributed by atoms with Crippen molar-refractivity contribution in [3.05, 3.63) is 287 Å². The Morgan fingerprint density at radius 2 is 0.333 bits per heavy atom. The van der Waals surface area contributed by atoms with Crippen molar-refractivity contribution in [1.82, 2.24) is 9.80 Å². The molecule has 0 spiro atoms. The molecule has 0 aromatic heterocycles. The molecule has 0 heterocycles. The summed E-state index contributed by atoms with van der Waals surface area (Å²) in [6.45, 7) is 1.26. The van der Waals surface area contributed by atoms with E-state index in [1.54, 1.807) is 0 Å².